The molecule has 0 radical (unpaired) electrons. The molecule has 6 heteroatoms. The van der Waals surface area contributed by atoms with Crippen LogP contribution in [0.15, 0.2) is 52.5 Å². The van der Waals surface area contributed by atoms with E-state index in [1.54, 1.807) is 30.0 Å². The van der Waals surface area contributed by atoms with Crippen molar-refractivity contribution in [1.82, 2.24) is 0 Å². The van der Waals surface area contributed by atoms with E-state index < -0.39 is 0 Å². The van der Waals surface area contributed by atoms with Gasteiger partial charge in [0.1, 0.15) is 11.5 Å². The predicted octanol–water partition coefficient (Wildman–Crippen LogP) is 3.95. The van der Waals surface area contributed by atoms with Gasteiger partial charge in [0, 0.05) is 16.5 Å². The summed E-state index contributed by atoms with van der Waals surface area (Å²) in [6.45, 7) is 0. The van der Waals surface area contributed by atoms with Crippen molar-refractivity contribution in [3.8, 4) is 11.5 Å². The molecule has 0 aliphatic carbocycles. The van der Waals surface area contributed by atoms with Gasteiger partial charge in [-0.25, -0.2) is 0 Å². The third kappa shape index (κ3) is 3.18. The molecule has 0 aliphatic heterocycles. The second kappa shape index (κ2) is 6.54. The number of thioether (sulfide) groups is 1. The number of halogens is 1. The first-order valence-corrected chi connectivity index (χ1v) is 7.34. The van der Waals surface area contributed by atoms with Crippen molar-refractivity contribution in [1.29, 1.82) is 0 Å². The van der Waals surface area contributed by atoms with E-state index in [-0.39, 0.29) is 5.84 Å². The van der Waals surface area contributed by atoms with Crippen LogP contribution in [0.2, 0.25) is 5.02 Å². The zero-order valence-electron chi connectivity index (χ0n) is 10.7. The van der Waals surface area contributed by atoms with Gasteiger partial charge < -0.3 is 15.7 Å². The first kappa shape index (κ1) is 14.6. The number of amidine groups is 1. The van der Waals surface area contributed by atoms with Gasteiger partial charge in [-0.3, -0.25) is 0 Å². The average molecular weight is 309 g/mol. The molecule has 4 nitrogen and oxygen atoms in total. The highest BCUT2D eigenvalue weighted by molar-refractivity contribution is 7.98. The van der Waals surface area contributed by atoms with Crippen LogP contribution < -0.4 is 10.5 Å². The highest BCUT2D eigenvalue weighted by Crippen LogP contribution is 2.32. The molecule has 20 heavy (non-hydrogen) atoms. The van der Waals surface area contributed by atoms with E-state index in [2.05, 4.69) is 5.16 Å². The Morgan fingerprint density at radius 2 is 2.05 bits per heavy atom. The van der Waals surface area contributed by atoms with Gasteiger partial charge in [0.05, 0.1) is 5.02 Å². The van der Waals surface area contributed by atoms with E-state index in [1.807, 2.05) is 30.5 Å². The van der Waals surface area contributed by atoms with E-state index in [0.717, 1.165) is 10.6 Å². The van der Waals surface area contributed by atoms with Gasteiger partial charge in [-0.1, -0.05) is 28.9 Å². The zero-order chi connectivity index (χ0) is 14.5. The first-order valence-electron chi connectivity index (χ1n) is 5.74. The maximum atomic E-state index is 8.66. The van der Waals surface area contributed by atoms with Gasteiger partial charge in [0.25, 0.3) is 0 Å². The van der Waals surface area contributed by atoms with Crippen molar-refractivity contribution in [2.24, 2.45) is 10.9 Å². The summed E-state index contributed by atoms with van der Waals surface area (Å²) in [5.41, 5.74) is 5.97. The Bertz CT molecular complexity index is 647. The summed E-state index contributed by atoms with van der Waals surface area (Å²) < 4.78 is 5.80. The van der Waals surface area contributed by atoms with Crippen molar-refractivity contribution in [3.05, 3.63) is 53.1 Å². The Morgan fingerprint density at radius 3 is 2.70 bits per heavy atom. The van der Waals surface area contributed by atoms with E-state index in [1.165, 1.54) is 0 Å². The molecule has 0 saturated heterocycles. The minimum absolute atomic E-state index is 0.0361. The lowest BCUT2D eigenvalue weighted by Crippen LogP contribution is -2.13. The molecule has 0 saturated carbocycles. The molecule has 3 N–H and O–H groups in total. The summed E-state index contributed by atoms with van der Waals surface area (Å²) >= 11 is 7.69. The van der Waals surface area contributed by atoms with Crippen LogP contribution >= 0.6 is 23.4 Å². The van der Waals surface area contributed by atoms with Crippen LogP contribution in [0.4, 0.5) is 0 Å². The Labute approximate surface area is 126 Å². The average Bonchev–Trinajstić information content (AvgIpc) is 2.47. The number of rotatable bonds is 4. The van der Waals surface area contributed by atoms with Crippen LogP contribution in [0.1, 0.15) is 5.56 Å². The van der Waals surface area contributed by atoms with Crippen LogP contribution in [0, 0.1) is 0 Å². The molecular formula is C14H13ClN2O2S. The zero-order valence-corrected chi connectivity index (χ0v) is 12.3. The minimum Gasteiger partial charge on any atom is -0.456 e. The molecule has 0 amide bonds. The number of oxime groups is 1. The fourth-order valence-electron chi connectivity index (χ4n) is 1.65. The second-order valence-corrected chi connectivity index (χ2v) is 5.14. The van der Waals surface area contributed by atoms with Gasteiger partial charge in [-0.2, -0.15) is 0 Å². The molecule has 2 aromatic rings. The third-order valence-corrected chi connectivity index (χ3v) is 3.71. The quantitative estimate of drug-likeness (QED) is 0.295. The van der Waals surface area contributed by atoms with Gasteiger partial charge in [-0.05, 0) is 30.5 Å². The number of hydrogen-bond donors (Lipinski definition) is 2. The number of nitrogens with two attached hydrogens (primary N) is 1. The largest absolute Gasteiger partial charge is 0.456 e. The summed E-state index contributed by atoms with van der Waals surface area (Å²) in [6.07, 6.45) is 1.98. The number of para-hydroxylation sites is 1. The minimum atomic E-state index is -0.0361. The van der Waals surface area contributed by atoms with Gasteiger partial charge in [0.2, 0.25) is 0 Å². The van der Waals surface area contributed by atoms with Crippen LogP contribution in [0.5, 0.6) is 11.5 Å². The smallest absolute Gasteiger partial charge is 0.171 e. The predicted molar refractivity (Wildman–Crippen MR) is 82.3 cm³/mol. The van der Waals surface area contributed by atoms with E-state index in [4.69, 9.17) is 27.3 Å². The lowest BCUT2D eigenvalue weighted by Gasteiger charge is -2.10. The topological polar surface area (TPSA) is 67.8 Å². The Hall–Kier alpha value is -1.85. The van der Waals surface area contributed by atoms with E-state index in [0.29, 0.717) is 16.3 Å². The Morgan fingerprint density at radius 1 is 1.30 bits per heavy atom. The van der Waals surface area contributed by atoms with Crippen molar-refractivity contribution in [2.45, 2.75) is 4.90 Å². The molecule has 2 aromatic carbocycles. The summed E-state index contributed by atoms with van der Waals surface area (Å²) in [5, 5.41) is 11.9. The first-order chi connectivity index (χ1) is 9.65. The molecule has 0 atom stereocenters. The SMILES string of the molecule is CSc1ccccc1Oc1ccc(C(N)=NO)c(Cl)c1. The number of benzene rings is 2. The van der Waals surface area contributed by atoms with Crippen LogP contribution in [-0.4, -0.2) is 17.3 Å². The van der Waals surface area contributed by atoms with E-state index in [9.17, 15) is 0 Å². The summed E-state index contributed by atoms with van der Waals surface area (Å²) in [5.74, 6) is 1.31. The Balaban J connectivity index is 2.29. The van der Waals surface area contributed by atoms with Crippen molar-refractivity contribution in [2.75, 3.05) is 6.26 Å². The van der Waals surface area contributed by atoms with Crippen molar-refractivity contribution >= 4 is 29.2 Å². The summed E-state index contributed by atoms with van der Waals surface area (Å²) in [6, 6.07) is 12.7. The van der Waals surface area contributed by atoms with Gasteiger partial charge >= 0.3 is 0 Å². The number of hydrogen-bond acceptors (Lipinski definition) is 4. The van der Waals surface area contributed by atoms with E-state index >= 15 is 0 Å². The molecule has 0 unspecified atom stereocenters. The maximum Gasteiger partial charge on any atom is 0.171 e. The number of ether oxygens (including phenoxy) is 1. The van der Waals surface area contributed by atoms with Crippen LogP contribution in [-0.2, 0) is 0 Å². The fraction of sp³-hybridized carbons (Fsp3) is 0.0714. The molecule has 0 spiro atoms. The molecule has 104 valence electrons. The number of nitrogens with zero attached hydrogens (tertiary/aromatic N) is 1. The fourth-order valence-corrected chi connectivity index (χ4v) is 2.44. The molecule has 2 rings (SSSR count). The van der Waals surface area contributed by atoms with Gasteiger partial charge in [-0.15, -0.1) is 11.8 Å². The van der Waals surface area contributed by atoms with Crippen molar-refractivity contribution in [3.63, 3.8) is 0 Å². The second-order valence-electron chi connectivity index (χ2n) is 3.88. The molecule has 0 bridgehead atoms. The molecule has 0 aromatic heterocycles. The molecule has 0 aliphatic rings. The molecule has 0 heterocycles. The maximum absolute atomic E-state index is 8.66. The molecular weight excluding hydrogens is 296 g/mol. The van der Waals surface area contributed by atoms with Crippen LogP contribution in [0.3, 0.4) is 0 Å². The van der Waals surface area contributed by atoms with Crippen molar-refractivity contribution < 1.29 is 9.94 Å². The van der Waals surface area contributed by atoms with Crippen LogP contribution in [0.25, 0.3) is 0 Å². The normalized spacial score (nSPS) is 11.4. The standard InChI is InChI=1S/C14H13ClN2O2S/c1-20-13-5-3-2-4-12(13)19-9-6-7-10(11(15)8-9)14(16)17-18/h2-8,18H,1H3,(H2,16,17). The summed E-state index contributed by atoms with van der Waals surface area (Å²) in [7, 11) is 0. The third-order valence-electron chi connectivity index (χ3n) is 2.62. The lowest BCUT2D eigenvalue weighted by atomic mass is 10.2. The monoisotopic (exact) mass is 308 g/mol. The molecule has 0 fully saturated rings. The summed E-state index contributed by atoms with van der Waals surface area (Å²) in [4.78, 5) is 1.03. The Kier molecular flexibility index (Phi) is 4.76. The highest BCUT2D eigenvalue weighted by atomic mass is 35.5. The highest BCUT2D eigenvalue weighted by Gasteiger charge is 2.09. The van der Waals surface area contributed by atoms with Gasteiger partial charge in [0.15, 0.2) is 5.84 Å². The lowest BCUT2D eigenvalue weighted by molar-refractivity contribution is 0.318.